The van der Waals surface area contributed by atoms with Crippen LogP contribution in [0.5, 0.6) is 0 Å². The first kappa shape index (κ1) is 7.98. The van der Waals surface area contributed by atoms with Crippen molar-refractivity contribution in [1.82, 2.24) is 10.2 Å². The highest BCUT2D eigenvalue weighted by atomic mass is 16.3. The van der Waals surface area contributed by atoms with E-state index in [9.17, 15) is 0 Å². The number of rotatable bonds is 3. The van der Waals surface area contributed by atoms with Gasteiger partial charge in [-0.1, -0.05) is 0 Å². The van der Waals surface area contributed by atoms with E-state index in [0.717, 1.165) is 32.6 Å². The molecule has 0 aromatic rings. The van der Waals surface area contributed by atoms with Gasteiger partial charge in [0.1, 0.15) is 0 Å². The zero-order valence-corrected chi connectivity index (χ0v) is 6.21. The fourth-order valence-corrected chi connectivity index (χ4v) is 1.09. The lowest BCUT2D eigenvalue weighted by Crippen LogP contribution is -2.40. The molecule has 0 aliphatic carbocycles. The standard InChI is InChI=1S/C7H15N2O/c10-7-1-4-9-5-2-8-3-6-9/h5,8,10H,1-4,6-7H2. The molecule has 3 heteroatoms. The maximum Gasteiger partial charge on any atom is 0.0443 e. The van der Waals surface area contributed by atoms with Gasteiger partial charge in [0.15, 0.2) is 0 Å². The highest BCUT2D eigenvalue weighted by molar-refractivity contribution is 4.76. The second kappa shape index (κ2) is 4.66. The molecule has 1 heterocycles. The van der Waals surface area contributed by atoms with Gasteiger partial charge >= 0.3 is 0 Å². The van der Waals surface area contributed by atoms with E-state index in [-0.39, 0.29) is 0 Å². The van der Waals surface area contributed by atoms with Gasteiger partial charge in [0.2, 0.25) is 0 Å². The number of hydrogen-bond acceptors (Lipinski definition) is 3. The first-order valence-electron chi connectivity index (χ1n) is 3.82. The topological polar surface area (TPSA) is 35.5 Å². The maximum atomic E-state index is 8.54. The molecule has 59 valence electrons. The highest BCUT2D eigenvalue weighted by Crippen LogP contribution is 1.96. The van der Waals surface area contributed by atoms with E-state index in [1.54, 1.807) is 0 Å². The lowest BCUT2D eigenvalue weighted by atomic mass is 10.3. The predicted molar refractivity (Wildman–Crippen MR) is 40.4 cm³/mol. The molecular weight excluding hydrogens is 128 g/mol. The third-order valence-electron chi connectivity index (χ3n) is 1.67. The Morgan fingerprint density at radius 1 is 1.60 bits per heavy atom. The minimum absolute atomic E-state index is 0.303. The minimum atomic E-state index is 0.303. The van der Waals surface area contributed by atoms with E-state index in [4.69, 9.17) is 5.11 Å². The Hall–Kier alpha value is -0.120. The van der Waals surface area contributed by atoms with Gasteiger partial charge in [-0.05, 0) is 6.42 Å². The normalized spacial score (nSPS) is 21.3. The van der Waals surface area contributed by atoms with Gasteiger partial charge in [-0.2, -0.15) is 0 Å². The number of nitrogens with zero attached hydrogens (tertiary/aromatic N) is 1. The van der Waals surface area contributed by atoms with Crippen LogP contribution in [-0.2, 0) is 0 Å². The van der Waals surface area contributed by atoms with Gasteiger partial charge in [-0.3, -0.25) is 4.90 Å². The third-order valence-corrected chi connectivity index (χ3v) is 1.67. The van der Waals surface area contributed by atoms with Gasteiger partial charge in [0.05, 0.1) is 0 Å². The van der Waals surface area contributed by atoms with Crippen molar-refractivity contribution in [2.24, 2.45) is 0 Å². The monoisotopic (exact) mass is 143 g/mol. The second-order valence-corrected chi connectivity index (χ2v) is 2.50. The summed E-state index contributed by atoms with van der Waals surface area (Å²) in [7, 11) is 0. The van der Waals surface area contributed by atoms with E-state index in [2.05, 4.69) is 16.8 Å². The third kappa shape index (κ3) is 2.64. The summed E-state index contributed by atoms with van der Waals surface area (Å²) in [6.45, 7) is 6.59. The van der Waals surface area contributed by atoms with Gasteiger partial charge in [0, 0.05) is 39.3 Å². The summed E-state index contributed by atoms with van der Waals surface area (Å²) in [5, 5.41) is 11.8. The maximum absolute atomic E-state index is 8.54. The Balaban J connectivity index is 2.02. The fourth-order valence-electron chi connectivity index (χ4n) is 1.09. The van der Waals surface area contributed by atoms with Crippen molar-refractivity contribution in [2.75, 3.05) is 32.8 Å². The first-order valence-corrected chi connectivity index (χ1v) is 3.82. The fraction of sp³-hybridized carbons (Fsp3) is 0.857. The van der Waals surface area contributed by atoms with Gasteiger partial charge < -0.3 is 10.4 Å². The van der Waals surface area contributed by atoms with Crippen molar-refractivity contribution < 1.29 is 5.11 Å². The number of piperazine rings is 1. The SMILES string of the molecule is OCCCN1[CH]CNCC1. The molecule has 10 heavy (non-hydrogen) atoms. The lowest BCUT2D eigenvalue weighted by molar-refractivity contribution is 0.235. The lowest BCUT2D eigenvalue weighted by Gasteiger charge is -2.26. The average molecular weight is 143 g/mol. The van der Waals surface area contributed by atoms with E-state index in [1.807, 2.05) is 0 Å². The Kier molecular flexibility index (Phi) is 3.72. The van der Waals surface area contributed by atoms with Crippen LogP contribution in [0.4, 0.5) is 0 Å². The van der Waals surface area contributed by atoms with Crippen LogP contribution < -0.4 is 5.32 Å². The quantitative estimate of drug-likeness (QED) is 0.555. The molecule has 0 unspecified atom stereocenters. The molecule has 0 bridgehead atoms. The molecule has 0 atom stereocenters. The van der Waals surface area contributed by atoms with Gasteiger partial charge in [-0.25, -0.2) is 0 Å². The molecule has 0 aromatic carbocycles. The van der Waals surface area contributed by atoms with Crippen LogP contribution in [0, 0.1) is 6.54 Å². The Labute approximate surface area is 62.0 Å². The molecule has 0 amide bonds. The van der Waals surface area contributed by atoms with Crippen molar-refractivity contribution in [3.63, 3.8) is 0 Å². The van der Waals surface area contributed by atoms with Gasteiger partial charge in [0.25, 0.3) is 0 Å². The molecule has 1 radical (unpaired) electrons. The van der Waals surface area contributed by atoms with Crippen LogP contribution in [0.1, 0.15) is 6.42 Å². The number of nitrogens with one attached hydrogen (secondary N) is 1. The van der Waals surface area contributed by atoms with Crippen molar-refractivity contribution in [3.8, 4) is 0 Å². The summed E-state index contributed by atoms with van der Waals surface area (Å²) in [6.07, 6.45) is 0.885. The zero-order valence-electron chi connectivity index (χ0n) is 6.21. The molecule has 0 saturated carbocycles. The predicted octanol–water partition coefficient (Wildman–Crippen LogP) is -0.564. The number of aliphatic hydroxyl groups excluding tert-OH is 1. The Morgan fingerprint density at radius 3 is 3.10 bits per heavy atom. The molecule has 1 aliphatic heterocycles. The van der Waals surface area contributed by atoms with Crippen molar-refractivity contribution in [1.29, 1.82) is 0 Å². The molecule has 1 saturated heterocycles. The Bertz CT molecular complexity index is 81.7. The van der Waals surface area contributed by atoms with Crippen LogP contribution in [0.2, 0.25) is 0 Å². The zero-order chi connectivity index (χ0) is 7.23. The molecule has 3 nitrogen and oxygen atoms in total. The summed E-state index contributed by atoms with van der Waals surface area (Å²) >= 11 is 0. The van der Waals surface area contributed by atoms with Crippen LogP contribution in [0.15, 0.2) is 0 Å². The summed E-state index contributed by atoms with van der Waals surface area (Å²) in [5.74, 6) is 0. The molecule has 2 N–H and O–H groups in total. The van der Waals surface area contributed by atoms with Crippen molar-refractivity contribution in [3.05, 3.63) is 6.54 Å². The average Bonchev–Trinajstić information content (AvgIpc) is 2.03. The van der Waals surface area contributed by atoms with E-state index in [1.165, 1.54) is 0 Å². The smallest absolute Gasteiger partial charge is 0.0443 e. The summed E-state index contributed by atoms with van der Waals surface area (Å²) in [6, 6.07) is 0. The Morgan fingerprint density at radius 2 is 2.50 bits per heavy atom. The summed E-state index contributed by atoms with van der Waals surface area (Å²) in [4.78, 5) is 2.26. The second-order valence-electron chi connectivity index (χ2n) is 2.50. The molecular formula is C7H15N2O. The largest absolute Gasteiger partial charge is 0.396 e. The van der Waals surface area contributed by atoms with E-state index >= 15 is 0 Å². The van der Waals surface area contributed by atoms with Crippen molar-refractivity contribution >= 4 is 0 Å². The summed E-state index contributed by atoms with van der Waals surface area (Å²) < 4.78 is 0. The summed E-state index contributed by atoms with van der Waals surface area (Å²) in [5.41, 5.74) is 0. The molecule has 0 aromatic heterocycles. The van der Waals surface area contributed by atoms with Gasteiger partial charge in [-0.15, -0.1) is 0 Å². The van der Waals surface area contributed by atoms with E-state index < -0.39 is 0 Å². The van der Waals surface area contributed by atoms with Crippen LogP contribution in [-0.4, -0.2) is 42.8 Å². The van der Waals surface area contributed by atoms with E-state index in [0.29, 0.717) is 6.61 Å². The highest BCUT2D eigenvalue weighted by Gasteiger charge is 2.07. The van der Waals surface area contributed by atoms with Crippen LogP contribution in [0.3, 0.4) is 0 Å². The number of hydrogen-bond donors (Lipinski definition) is 2. The first-order chi connectivity index (χ1) is 4.93. The minimum Gasteiger partial charge on any atom is -0.396 e. The molecule has 1 rings (SSSR count). The molecule has 0 spiro atoms. The van der Waals surface area contributed by atoms with Crippen LogP contribution in [0.25, 0.3) is 0 Å². The van der Waals surface area contributed by atoms with Crippen molar-refractivity contribution in [2.45, 2.75) is 6.42 Å². The van der Waals surface area contributed by atoms with Crippen LogP contribution >= 0.6 is 0 Å². The molecule has 1 aliphatic rings. The molecule has 1 fully saturated rings. The number of aliphatic hydroxyl groups is 1.